The van der Waals surface area contributed by atoms with Crippen LogP contribution in [0.1, 0.15) is 30.6 Å². The van der Waals surface area contributed by atoms with Crippen molar-refractivity contribution in [3.8, 4) is 11.8 Å². The summed E-state index contributed by atoms with van der Waals surface area (Å²) < 4.78 is 86.8. The Morgan fingerprint density at radius 1 is 0.333 bits per heavy atom. The van der Waals surface area contributed by atoms with Crippen molar-refractivity contribution in [2.24, 2.45) is 0 Å². The van der Waals surface area contributed by atoms with Crippen molar-refractivity contribution >= 4 is 108 Å². The number of hydrogen-bond donors (Lipinski definition) is 0. The Bertz CT molecular complexity index is 3220. The molecule has 0 unspecified atom stereocenters. The predicted molar refractivity (Wildman–Crippen MR) is 366 cm³/mol. The third-order valence-corrected chi connectivity index (χ3v) is 28.7. The molecule has 1 aliphatic carbocycles. The molecule has 0 fully saturated rings. The normalized spacial score (nSPS) is 13.3. The number of allylic oxidation sites excluding steroid dienone is 2. The van der Waals surface area contributed by atoms with Crippen LogP contribution >= 0.6 is 54.4 Å². The van der Waals surface area contributed by atoms with Gasteiger partial charge >= 0.3 is 51.9 Å². The first kappa shape index (κ1) is 72.1. The molecule has 0 saturated heterocycles. The summed E-state index contributed by atoms with van der Waals surface area (Å²) in [6.07, 6.45) is 19.2. The van der Waals surface area contributed by atoms with Gasteiger partial charge in [-0.15, -0.1) is 12.1 Å². The molecule has 0 nitrogen and oxygen atoms in total. The topological polar surface area (TPSA) is 0 Å². The average Bonchev–Trinajstić information content (AvgIpc) is 1.55. The Morgan fingerprint density at radius 3 is 0.655 bits per heavy atom. The van der Waals surface area contributed by atoms with Crippen LogP contribution in [-0.4, -0.2) is 42.4 Å². The summed E-state index contributed by atoms with van der Waals surface area (Å²) in [7, 11) is -3.13. The summed E-state index contributed by atoms with van der Waals surface area (Å²) in [4.78, 5) is 0.299. The monoisotopic (exact) mass is 1360 g/mol. The molecule has 0 N–H and O–H groups in total. The quantitative estimate of drug-likeness (QED) is 0.0297. The molecule has 444 valence electrons. The summed E-state index contributed by atoms with van der Waals surface area (Å²) in [5, 5.41) is 12.1. The summed E-state index contributed by atoms with van der Waals surface area (Å²) >= 11 is 1.64. The summed E-state index contributed by atoms with van der Waals surface area (Å²) in [5.41, 5.74) is -3.83. The van der Waals surface area contributed by atoms with Crippen LogP contribution in [0.2, 0.25) is 0 Å². The molecule has 0 amide bonds. The van der Waals surface area contributed by atoms with Crippen LogP contribution in [0.25, 0.3) is 11.1 Å². The molecule has 0 bridgehead atoms. The fourth-order valence-corrected chi connectivity index (χ4v) is 24.5. The number of hydrogen-bond acceptors (Lipinski definition) is 2. The molecule has 0 saturated carbocycles. The van der Waals surface area contributed by atoms with Crippen LogP contribution < -0.4 is 42.4 Å². The first-order valence-electron chi connectivity index (χ1n) is 27.1. The Labute approximate surface area is 545 Å². The molecular weight excluding hydrogens is 1290 g/mol. The van der Waals surface area contributed by atoms with Gasteiger partial charge in [-0.3, -0.25) is 11.8 Å². The van der Waals surface area contributed by atoms with Crippen molar-refractivity contribution in [2.45, 2.75) is 31.6 Å². The standard InChI is InChI=1S/2C26H24P2.C19H8F6S2.2CH3.2Fe/c2*1-5-13-23(14-6-1)27(24-15-7-2-8-16-24)21-22-28(25-17-9-3-10-18-25)26-19-11-4-12-20-26;1-5-11-7-13(9(3)26-11)15-16(14-8-12(6-2)27-10(14)4)18(22,23)19(24,25)17(15,20)21;;;;/h2*1-20H,21-22H2;7-8H,3-4H3;2*1H3;;/q;;-2;2*-1;2*+2/p+4. The van der Waals surface area contributed by atoms with Crippen molar-refractivity contribution in [1.82, 2.24) is 0 Å². The molecular formula is C73H66F6Fe2P4S2+4. The van der Waals surface area contributed by atoms with Crippen molar-refractivity contribution in [3.63, 3.8) is 0 Å². The van der Waals surface area contributed by atoms with Gasteiger partial charge in [0.05, 0.1) is 74.1 Å². The minimum absolute atomic E-state index is 0. The van der Waals surface area contributed by atoms with E-state index in [1.54, 1.807) is 0 Å². The van der Waals surface area contributed by atoms with Gasteiger partial charge in [0.1, 0.15) is 24.6 Å². The summed E-state index contributed by atoms with van der Waals surface area (Å²) in [6.45, 7) is 2.65. The Morgan fingerprint density at radius 2 is 0.506 bits per heavy atom. The fraction of sp³-hybridized carbons (Fsp3) is 0.123. The van der Waals surface area contributed by atoms with Crippen LogP contribution in [0, 0.1) is 53.4 Å². The van der Waals surface area contributed by atoms with Gasteiger partial charge < -0.3 is 27.7 Å². The first-order valence-corrected chi connectivity index (χ1v) is 35.5. The van der Waals surface area contributed by atoms with E-state index in [2.05, 4.69) is 243 Å². The van der Waals surface area contributed by atoms with E-state index >= 15 is 0 Å². The van der Waals surface area contributed by atoms with Gasteiger partial charge in [0.25, 0.3) is 0 Å². The second kappa shape index (κ2) is 33.8. The number of aryl methyl sites for hydroxylation is 2. The molecule has 8 aromatic carbocycles. The van der Waals surface area contributed by atoms with Gasteiger partial charge in [0, 0.05) is 11.1 Å². The average molecular weight is 1360 g/mol. The molecule has 0 atom stereocenters. The van der Waals surface area contributed by atoms with Crippen molar-refractivity contribution < 1.29 is 60.5 Å². The minimum atomic E-state index is -5.63. The van der Waals surface area contributed by atoms with Crippen LogP contribution in [0.15, 0.2) is 255 Å². The molecule has 2 aromatic heterocycles. The maximum Gasteiger partial charge on any atom is 2.00 e. The van der Waals surface area contributed by atoms with Crippen LogP contribution in [0.3, 0.4) is 0 Å². The number of alkyl halides is 6. The zero-order valence-electron chi connectivity index (χ0n) is 48.4. The zero-order chi connectivity index (χ0) is 58.4. The van der Waals surface area contributed by atoms with Gasteiger partial charge in [-0.1, -0.05) is 155 Å². The maximum absolute atomic E-state index is 14.6. The molecule has 11 rings (SSSR count). The third-order valence-electron chi connectivity index (χ3n) is 14.5. The van der Waals surface area contributed by atoms with Crippen molar-refractivity contribution in [2.75, 3.05) is 24.6 Å². The first-order chi connectivity index (χ1) is 40.2. The number of rotatable bonds is 16. The summed E-state index contributed by atoms with van der Waals surface area (Å²) in [6, 6.07) is 91.0. The SMILES string of the molecule is [C-]#Cc1cc(C2=C(c3cc(C#[C-])sc3C)C(F)(F)C(F)(F)C2(F)F)c(C)s1.[CH3-].[CH3-].[Fe+2].[Fe+2].c1ccc([PH+](CC[PH+](c2ccccc2)c2ccccc2)c2ccccc2)cc1.c1ccc([PH+](CC[PH+](c2ccccc2)c2ccccc2)c2ccccc2)cc1. The molecule has 0 radical (unpaired) electrons. The largest absolute Gasteiger partial charge is 2.00 e. The van der Waals surface area contributed by atoms with Crippen molar-refractivity contribution in [1.29, 1.82) is 0 Å². The molecule has 10 aromatic rings. The number of halogens is 6. The Hall–Kier alpha value is -5.64. The molecule has 1 aliphatic rings. The van der Waals surface area contributed by atoms with E-state index in [4.69, 9.17) is 12.8 Å². The van der Waals surface area contributed by atoms with Gasteiger partial charge in [-0.2, -0.15) is 26.3 Å². The Balaban J connectivity index is 0.000000233. The molecule has 14 heteroatoms. The van der Waals surface area contributed by atoms with E-state index in [9.17, 15) is 26.3 Å². The van der Waals surface area contributed by atoms with E-state index in [0.29, 0.717) is 0 Å². The van der Waals surface area contributed by atoms with Gasteiger partial charge in [-0.25, -0.2) is 22.7 Å². The summed E-state index contributed by atoms with van der Waals surface area (Å²) in [5.74, 6) is -12.0. The number of thiophene rings is 2. The van der Waals surface area contributed by atoms with E-state index in [1.165, 1.54) is 80.9 Å². The number of benzene rings is 8. The predicted octanol–water partition coefficient (Wildman–Crippen LogP) is 16.5. The third kappa shape index (κ3) is 17.0. The molecule has 0 spiro atoms. The molecule has 87 heavy (non-hydrogen) atoms. The van der Waals surface area contributed by atoms with Crippen LogP contribution in [-0.2, 0) is 34.1 Å². The fourth-order valence-electron chi connectivity index (χ4n) is 10.5. The van der Waals surface area contributed by atoms with Gasteiger partial charge in [-0.05, 0) is 132 Å². The maximum atomic E-state index is 14.6. The van der Waals surface area contributed by atoms with Gasteiger partial charge in [0.2, 0.25) is 0 Å². The minimum Gasteiger partial charge on any atom is -0.365 e. The molecule has 0 aliphatic heterocycles. The van der Waals surface area contributed by atoms with E-state index in [1.807, 2.05) is 11.8 Å². The van der Waals surface area contributed by atoms with Gasteiger partial charge in [0.15, 0.2) is 0 Å². The van der Waals surface area contributed by atoms with Crippen LogP contribution in [0.5, 0.6) is 0 Å². The van der Waals surface area contributed by atoms with Crippen LogP contribution in [0.4, 0.5) is 26.3 Å². The van der Waals surface area contributed by atoms with Crippen molar-refractivity contribution in [3.05, 3.63) is 313 Å². The second-order valence-corrected chi connectivity index (χ2v) is 32.7. The smallest absolute Gasteiger partial charge is 0.365 e. The van der Waals surface area contributed by atoms with E-state index in [0.717, 1.165) is 34.8 Å². The van der Waals surface area contributed by atoms with E-state index < -0.39 is 71.7 Å². The second-order valence-electron chi connectivity index (χ2n) is 19.7. The van der Waals surface area contributed by atoms with E-state index in [-0.39, 0.29) is 68.5 Å². The Kier molecular flexibility index (Phi) is 28.0. The zero-order valence-corrected chi connectivity index (χ0v) is 56.2. The molecule has 2 heterocycles.